The number of rotatable bonds is 11. The van der Waals surface area contributed by atoms with E-state index in [1.54, 1.807) is 0 Å². The molecule has 222 valence electrons. The summed E-state index contributed by atoms with van der Waals surface area (Å²) in [5.41, 5.74) is 0. The maximum atomic E-state index is 10.5. The summed E-state index contributed by atoms with van der Waals surface area (Å²) in [4.78, 5) is 0. The van der Waals surface area contributed by atoms with Crippen molar-refractivity contribution in [1.82, 2.24) is 0 Å². The van der Waals surface area contributed by atoms with E-state index in [2.05, 4.69) is 0 Å². The van der Waals surface area contributed by atoms with Crippen LogP contribution in [0.2, 0.25) is 0 Å². The molecule has 4 fully saturated rings. The van der Waals surface area contributed by atoms with Crippen LogP contribution in [0.1, 0.15) is 0 Å². The summed E-state index contributed by atoms with van der Waals surface area (Å²) in [7, 11) is 1.29. The zero-order valence-electron chi connectivity index (χ0n) is 20.4. The van der Waals surface area contributed by atoms with Gasteiger partial charge in [0.05, 0.1) is 26.4 Å². The van der Waals surface area contributed by atoms with Gasteiger partial charge in [0.1, 0.15) is 73.2 Å². The zero-order chi connectivity index (χ0) is 27.7. The first-order chi connectivity index (χ1) is 18.1. The predicted octanol–water partition coefficient (Wildman–Crippen LogP) is -6.54. The summed E-state index contributed by atoms with van der Waals surface area (Å²) in [5, 5.41) is 89.9. The van der Waals surface area contributed by atoms with Crippen LogP contribution >= 0.6 is 0 Å². The Hall–Kier alpha value is -0.680. The summed E-state index contributed by atoms with van der Waals surface area (Å²) < 4.78 is 43.0. The van der Waals surface area contributed by atoms with Gasteiger partial charge in [0.15, 0.2) is 25.2 Å². The fraction of sp³-hybridized carbons (Fsp3) is 1.00. The van der Waals surface area contributed by atoms with Gasteiger partial charge in [-0.25, -0.2) is 0 Å². The molecule has 9 N–H and O–H groups in total. The number of ether oxygens (including phenoxy) is 8. The van der Waals surface area contributed by atoms with Crippen molar-refractivity contribution in [1.29, 1.82) is 0 Å². The second-order valence-corrected chi connectivity index (χ2v) is 9.47. The third-order valence-corrected chi connectivity index (χ3v) is 6.98. The Labute approximate surface area is 216 Å². The van der Waals surface area contributed by atoms with Crippen molar-refractivity contribution in [2.45, 2.75) is 98.4 Å². The average molecular weight is 561 g/mol. The quantitative estimate of drug-likeness (QED) is 0.114. The van der Waals surface area contributed by atoms with E-state index in [0.29, 0.717) is 0 Å². The molecule has 0 saturated carbocycles. The highest BCUT2D eigenvalue weighted by Gasteiger charge is 2.52. The van der Waals surface area contributed by atoms with E-state index >= 15 is 0 Å². The minimum Gasteiger partial charge on any atom is -0.394 e. The van der Waals surface area contributed by atoms with Crippen LogP contribution in [0.3, 0.4) is 0 Å². The molecule has 0 spiro atoms. The van der Waals surface area contributed by atoms with Gasteiger partial charge in [-0.2, -0.15) is 0 Å². The van der Waals surface area contributed by atoms with Crippen molar-refractivity contribution in [2.24, 2.45) is 0 Å². The third kappa shape index (κ3) is 5.99. The second-order valence-electron chi connectivity index (χ2n) is 9.47. The molecule has 0 unspecified atom stereocenters. The molecule has 4 aliphatic rings. The molecule has 0 bridgehead atoms. The average Bonchev–Trinajstić information content (AvgIpc) is 3.56. The van der Waals surface area contributed by atoms with Gasteiger partial charge in [-0.1, -0.05) is 0 Å². The van der Waals surface area contributed by atoms with Gasteiger partial charge in [-0.05, 0) is 0 Å². The van der Waals surface area contributed by atoms with E-state index in [4.69, 9.17) is 37.9 Å². The van der Waals surface area contributed by atoms with Gasteiger partial charge in [0, 0.05) is 7.11 Å². The van der Waals surface area contributed by atoms with E-state index in [-0.39, 0.29) is 6.61 Å². The lowest BCUT2D eigenvalue weighted by molar-refractivity contribution is -0.255. The third-order valence-electron chi connectivity index (χ3n) is 6.98. The van der Waals surface area contributed by atoms with Crippen molar-refractivity contribution >= 4 is 0 Å². The zero-order valence-corrected chi connectivity index (χ0v) is 20.4. The fourth-order valence-corrected chi connectivity index (χ4v) is 4.68. The number of aliphatic hydroxyl groups is 9. The Morgan fingerprint density at radius 3 is 1.45 bits per heavy atom. The topological polar surface area (TPSA) is 256 Å². The summed E-state index contributed by atoms with van der Waals surface area (Å²) in [5.74, 6) is 0. The number of aliphatic hydroxyl groups excluding tert-OH is 9. The van der Waals surface area contributed by atoms with Crippen molar-refractivity contribution in [3.8, 4) is 0 Å². The van der Waals surface area contributed by atoms with Gasteiger partial charge < -0.3 is 83.9 Å². The van der Waals surface area contributed by atoms with E-state index in [9.17, 15) is 46.0 Å². The normalized spacial score (nSPS) is 51.3. The van der Waals surface area contributed by atoms with Crippen LogP contribution in [0, 0.1) is 0 Å². The largest absolute Gasteiger partial charge is 0.394 e. The van der Waals surface area contributed by atoms with Gasteiger partial charge in [-0.3, -0.25) is 0 Å². The fourth-order valence-electron chi connectivity index (χ4n) is 4.68. The first-order valence-electron chi connectivity index (χ1n) is 12.1. The van der Waals surface area contributed by atoms with E-state index < -0.39 is 118 Å². The lowest BCUT2D eigenvalue weighted by Crippen LogP contribution is -2.44. The van der Waals surface area contributed by atoms with Crippen LogP contribution in [0.5, 0.6) is 0 Å². The van der Waals surface area contributed by atoms with Crippen LogP contribution in [-0.2, 0) is 37.9 Å². The molecule has 4 saturated heterocycles. The molecule has 4 rings (SSSR count). The van der Waals surface area contributed by atoms with Crippen molar-refractivity contribution in [3.05, 3.63) is 0 Å². The van der Waals surface area contributed by atoms with E-state index in [1.807, 2.05) is 0 Å². The molecule has 4 aliphatic heterocycles. The lowest BCUT2D eigenvalue weighted by atomic mass is 10.1. The summed E-state index contributed by atoms with van der Waals surface area (Å²) in [6.45, 7) is -1.92. The van der Waals surface area contributed by atoms with Crippen molar-refractivity contribution < 1.29 is 83.9 Å². The smallest absolute Gasteiger partial charge is 0.187 e. The highest BCUT2D eigenvalue weighted by atomic mass is 16.8. The number of hydrogen-bond donors (Lipinski definition) is 9. The Morgan fingerprint density at radius 2 is 0.921 bits per heavy atom. The Bertz CT molecular complexity index is 747. The highest BCUT2D eigenvalue weighted by Crippen LogP contribution is 2.32. The van der Waals surface area contributed by atoms with Gasteiger partial charge in [0.25, 0.3) is 0 Å². The minimum absolute atomic E-state index is 0.309. The summed E-state index contributed by atoms with van der Waals surface area (Å²) >= 11 is 0. The first-order valence-corrected chi connectivity index (χ1v) is 12.1. The molecule has 0 aliphatic carbocycles. The summed E-state index contributed by atoms with van der Waals surface area (Å²) in [6, 6.07) is 0. The SMILES string of the molecule is CO[C@H]1O[C@H](CO[C@H]2O[C@H](CO[C@H]3O[C@H](CO)[C@@H](O)[C@@H]3O[C@@H]3O[C@H](CO)[C@@H](O)[C@@H]3O)[C@@H](O)[C@@H]2O)[C@@H](O)[C@@H]1O. The van der Waals surface area contributed by atoms with Crippen molar-refractivity contribution in [2.75, 3.05) is 33.5 Å². The molecular formula is C21H36O17. The van der Waals surface area contributed by atoms with Crippen LogP contribution in [0.15, 0.2) is 0 Å². The molecule has 0 aromatic rings. The Kier molecular flexibility index (Phi) is 10.3. The van der Waals surface area contributed by atoms with Crippen LogP contribution in [0.4, 0.5) is 0 Å². The minimum atomic E-state index is -1.55. The number of hydrogen-bond acceptors (Lipinski definition) is 17. The van der Waals surface area contributed by atoms with Crippen LogP contribution in [0.25, 0.3) is 0 Å². The molecule has 4 heterocycles. The standard InChI is InChI=1S/C21H36O17/c1-31-18-14(28)11(25)8(36-18)4-32-19-15(29)12(26)9(37-19)5-33-21-17(13(27)7(3-23)35-21)38-20-16(30)10(24)6(2-22)34-20/h6-30H,2-5H2,1H3/t6-,7-,8-,9-,10-,11-,12-,13-,14+,15+,16+,17+,18+,19+,20+,21+/m1/s1. The van der Waals surface area contributed by atoms with Gasteiger partial charge >= 0.3 is 0 Å². The maximum Gasteiger partial charge on any atom is 0.187 e. The molecule has 0 aromatic heterocycles. The maximum absolute atomic E-state index is 10.5. The highest BCUT2D eigenvalue weighted by molar-refractivity contribution is 4.93. The van der Waals surface area contributed by atoms with Crippen LogP contribution in [-0.4, -0.2) is 178 Å². The second kappa shape index (κ2) is 12.9. The predicted molar refractivity (Wildman–Crippen MR) is 115 cm³/mol. The van der Waals surface area contributed by atoms with Crippen LogP contribution < -0.4 is 0 Å². The van der Waals surface area contributed by atoms with Gasteiger partial charge in [0.2, 0.25) is 0 Å². The lowest BCUT2D eigenvalue weighted by Gasteiger charge is -2.26. The molecule has 0 aromatic carbocycles. The van der Waals surface area contributed by atoms with E-state index in [1.165, 1.54) is 7.11 Å². The molecular weight excluding hydrogens is 524 g/mol. The van der Waals surface area contributed by atoms with Gasteiger partial charge in [-0.15, -0.1) is 0 Å². The monoisotopic (exact) mass is 560 g/mol. The Morgan fingerprint density at radius 1 is 0.500 bits per heavy atom. The molecule has 17 heteroatoms. The summed E-state index contributed by atoms with van der Waals surface area (Å²) in [6.07, 6.45) is -21.0. The molecule has 16 atom stereocenters. The van der Waals surface area contributed by atoms with E-state index in [0.717, 1.165) is 0 Å². The first kappa shape index (κ1) is 30.3. The number of methoxy groups -OCH3 is 1. The molecule has 0 amide bonds. The molecule has 38 heavy (non-hydrogen) atoms. The van der Waals surface area contributed by atoms with Crippen molar-refractivity contribution in [3.63, 3.8) is 0 Å². The molecule has 0 radical (unpaired) electrons. The Balaban J connectivity index is 1.31. The molecule has 17 nitrogen and oxygen atoms in total.